The average molecular weight is 447 g/mol. The molecule has 0 radical (unpaired) electrons. The molecule has 3 aromatic rings. The molecule has 2 aromatic carbocycles. The maximum absolute atomic E-state index is 13.3. The molecular formula is C19H18FN5O5S. The average Bonchev–Trinajstić information content (AvgIpc) is 3.52. The zero-order chi connectivity index (χ0) is 22.2. The third-order valence-corrected chi connectivity index (χ3v) is 6.36. The number of nitro groups is 1. The minimum absolute atomic E-state index is 0.00460. The van der Waals surface area contributed by atoms with E-state index in [2.05, 4.69) is 9.82 Å². The minimum Gasteiger partial charge on any atom is -0.272 e. The Labute approximate surface area is 176 Å². The van der Waals surface area contributed by atoms with Crippen molar-refractivity contribution in [2.75, 3.05) is 6.54 Å². The number of halogens is 1. The molecule has 4 rings (SSSR count). The smallest absolute Gasteiger partial charge is 0.272 e. The highest BCUT2D eigenvalue weighted by atomic mass is 32.2. The van der Waals surface area contributed by atoms with Gasteiger partial charge in [-0.2, -0.15) is 0 Å². The molecule has 0 saturated heterocycles. The van der Waals surface area contributed by atoms with Crippen LogP contribution in [0.5, 0.6) is 0 Å². The summed E-state index contributed by atoms with van der Waals surface area (Å²) >= 11 is 0. The summed E-state index contributed by atoms with van der Waals surface area (Å²) in [6.07, 6.45) is 1.65. The van der Waals surface area contributed by atoms with Crippen LogP contribution in [0.2, 0.25) is 0 Å². The van der Waals surface area contributed by atoms with Crippen molar-refractivity contribution in [1.29, 1.82) is 0 Å². The van der Waals surface area contributed by atoms with E-state index >= 15 is 0 Å². The van der Waals surface area contributed by atoms with Crippen molar-refractivity contribution < 1.29 is 17.7 Å². The molecule has 0 atom stereocenters. The Morgan fingerprint density at radius 2 is 1.84 bits per heavy atom. The molecule has 0 spiro atoms. The summed E-state index contributed by atoms with van der Waals surface area (Å²) in [5.74, 6) is -0.0260. The van der Waals surface area contributed by atoms with Crippen LogP contribution in [0.15, 0.2) is 58.2 Å². The van der Waals surface area contributed by atoms with Gasteiger partial charge >= 0.3 is 5.69 Å². The molecular weight excluding hydrogens is 429 g/mol. The standard InChI is InChI=1S/C19H18FN5O5S/c20-14-7-5-13(6-8-14)18-22-23(19(26)24(18)15-9-10-15)12-11-21-31(29,30)17-4-2-1-3-16(17)25(27)28/h1-8,15,21H,9-12H2. The van der Waals surface area contributed by atoms with Crippen molar-refractivity contribution >= 4 is 15.7 Å². The van der Waals surface area contributed by atoms with Crippen LogP contribution in [0, 0.1) is 15.9 Å². The van der Waals surface area contributed by atoms with Gasteiger partial charge in [-0.15, -0.1) is 5.10 Å². The van der Waals surface area contributed by atoms with Crippen molar-refractivity contribution in [1.82, 2.24) is 19.1 Å². The van der Waals surface area contributed by atoms with Crippen LogP contribution in [0.25, 0.3) is 11.4 Å². The first-order valence-corrected chi connectivity index (χ1v) is 10.9. The van der Waals surface area contributed by atoms with Crippen LogP contribution in [0.4, 0.5) is 10.1 Å². The predicted molar refractivity (Wildman–Crippen MR) is 108 cm³/mol. The van der Waals surface area contributed by atoms with Crippen LogP contribution in [-0.4, -0.2) is 34.2 Å². The van der Waals surface area contributed by atoms with E-state index in [9.17, 15) is 27.7 Å². The Hall–Kier alpha value is -3.38. The summed E-state index contributed by atoms with van der Waals surface area (Å²) in [7, 11) is -4.17. The quantitative estimate of drug-likeness (QED) is 0.416. The van der Waals surface area contributed by atoms with Gasteiger partial charge in [-0.25, -0.2) is 27.0 Å². The molecule has 0 bridgehead atoms. The van der Waals surface area contributed by atoms with Gasteiger partial charge < -0.3 is 0 Å². The number of aromatic nitrogens is 3. The molecule has 1 aliphatic rings. The zero-order valence-corrected chi connectivity index (χ0v) is 17.0. The summed E-state index contributed by atoms with van der Waals surface area (Å²) in [5, 5.41) is 15.4. The summed E-state index contributed by atoms with van der Waals surface area (Å²) in [6, 6.07) is 10.6. The van der Waals surface area contributed by atoms with Gasteiger partial charge in [0.05, 0.1) is 11.5 Å². The fourth-order valence-electron chi connectivity index (χ4n) is 3.22. The van der Waals surface area contributed by atoms with E-state index in [1.54, 1.807) is 0 Å². The lowest BCUT2D eigenvalue weighted by Crippen LogP contribution is -2.32. The van der Waals surface area contributed by atoms with Gasteiger partial charge in [0.1, 0.15) is 5.82 Å². The van der Waals surface area contributed by atoms with E-state index in [0.29, 0.717) is 11.4 Å². The van der Waals surface area contributed by atoms with Crippen LogP contribution in [0.3, 0.4) is 0 Å². The second-order valence-corrected chi connectivity index (χ2v) is 8.80. The first kappa shape index (κ1) is 20.9. The molecule has 1 heterocycles. The summed E-state index contributed by atoms with van der Waals surface area (Å²) in [6.45, 7) is -0.272. The van der Waals surface area contributed by atoms with Gasteiger partial charge in [0.15, 0.2) is 10.7 Å². The highest BCUT2D eigenvalue weighted by Crippen LogP contribution is 2.36. The van der Waals surface area contributed by atoms with Crippen LogP contribution in [-0.2, 0) is 16.6 Å². The molecule has 1 fully saturated rings. The van der Waals surface area contributed by atoms with Gasteiger partial charge in [0, 0.05) is 24.2 Å². The fourth-order valence-corrected chi connectivity index (χ4v) is 4.41. The Kier molecular flexibility index (Phi) is 5.41. The molecule has 1 N–H and O–H groups in total. The lowest BCUT2D eigenvalue weighted by molar-refractivity contribution is -0.387. The molecule has 0 unspecified atom stereocenters. The number of benzene rings is 2. The van der Waals surface area contributed by atoms with E-state index in [1.807, 2.05) is 0 Å². The second kappa shape index (κ2) is 8.04. The topological polar surface area (TPSA) is 129 Å². The van der Waals surface area contributed by atoms with Crippen LogP contribution in [0.1, 0.15) is 18.9 Å². The number of hydrogen-bond donors (Lipinski definition) is 1. The van der Waals surface area contributed by atoms with E-state index in [0.717, 1.165) is 29.7 Å². The SMILES string of the molecule is O=c1n(CCNS(=O)(=O)c2ccccc2[N+](=O)[O-])nc(-c2ccc(F)cc2)n1C1CC1. The van der Waals surface area contributed by atoms with E-state index < -0.39 is 37.0 Å². The minimum atomic E-state index is -4.17. The normalized spacial score (nSPS) is 14.0. The van der Waals surface area contributed by atoms with Gasteiger partial charge in [-0.05, 0) is 43.2 Å². The molecule has 1 aromatic heterocycles. The summed E-state index contributed by atoms with van der Waals surface area (Å²) in [5.41, 5.74) is -0.361. The second-order valence-electron chi connectivity index (χ2n) is 7.06. The van der Waals surface area contributed by atoms with Crippen LogP contribution < -0.4 is 10.4 Å². The highest BCUT2D eigenvalue weighted by molar-refractivity contribution is 7.89. The molecule has 0 aliphatic heterocycles. The van der Waals surface area contributed by atoms with Crippen molar-refractivity contribution in [3.8, 4) is 11.4 Å². The summed E-state index contributed by atoms with van der Waals surface area (Å²) in [4.78, 5) is 22.7. The Bertz CT molecular complexity index is 1300. The Morgan fingerprint density at radius 1 is 1.16 bits per heavy atom. The lowest BCUT2D eigenvalue weighted by Gasteiger charge is -2.07. The van der Waals surface area contributed by atoms with Gasteiger partial charge in [-0.3, -0.25) is 14.7 Å². The largest absolute Gasteiger partial charge is 0.346 e. The molecule has 10 nitrogen and oxygen atoms in total. The van der Waals surface area contributed by atoms with Crippen molar-refractivity contribution in [3.05, 3.63) is 74.9 Å². The number of nitrogens with zero attached hydrogens (tertiary/aromatic N) is 4. The Balaban J connectivity index is 1.56. The molecule has 12 heteroatoms. The fraction of sp³-hybridized carbons (Fsp3) is 0.263. The maximum atomic E-state index is 13.3. The monoisotopic (exact) mass is 447 g/mol. The molecule has 1 aliphatic carbocycles. The number of nitro benzene ring substituents is 1. The number of nitrogens with one attached hydrogen (secondary N) is 1. The third kappa shape index (κ3) is 4.25. The number of sulfonamides is 1. The van der Waals surface area contributed by atoms with Gasteiger partial charge in [0.25, 0.3) is 5.69 Å². The first-order chi connectivity index (χ1) is 14.8. The first-order valence-electron chi connectivity index (χ1n) is 9.46. The number of hydrogen-bond acceptors (Lipinski definition) is 6. The molecule has 1 saturated carbocycles. The number of rotatable bonds is 8. The molecule has 0 amide bonds. The maximum Gasteiger partial charge on any atom is 0.346 e. The highest BCUT2D eigenvalue weighted by Gasteiger charge is 2.30. The lowest BCUT2D eigenvalue weighted by atomic mass is 10.2. The van der Waals surface area contributed by atoms with Gasteiger partial charge in [-0.1, -0.05) is 12.1 Å². The third-order valence-electron chi connectivity index (χ3n) is 4.85. The van der Waals surface area contributed by atoms with Crippen molar-refractivity contribution in [2.45, 2.75) is 30.3 Å². The summed E-state index contributed by atoms with van der Waals surface area (Å²) < 4.78 is 43.2. The molecule has 162 valence electrons. The number of para-hydroxylation sites is 1. The van der Waals surface area contributed by atoms with Gasteiger partial charge in [0.2, 0.25) is 10.0 Å². The Morgan fingerprint density at radius 3 is 2.48 bits per heavy atom. The zero-order valence-electron chi connectivity index (χ0n) is 16.1. The van der Waals surface area contributed by atoms with E-state index in [1.165, 1.54) is 41.0 Å². The predicted octanol–water partition coefficient (Wildman–Crippen LogP) is 2.07. The van der Waals surface area contributed by atoms with Crippen LogP contribution >= 0.6 is 0 Å². The molecule has 31 heavy (non-hydrogen) atoms. The van der Waals surface area contributed by atoms with Crippen molar-refractivity contribution in [2.24, 2.45) is 0 Å². The van der Waals surface area contributed by atoms with Crippen molar-refractivity contribution in [3.63, 3.8) is 0 Å². The van der Waals surface area contributed by atoms with E-state index in [-0.39, 0.29) is 19.1 Å². The van der Waals surface area contributed by atoms with E-state index in [4.69, 9.17) is 0 Å².